The zero-order chi connectivity index (χ0) is 14.4. The van der Waals surface area contributed by atoms with Gasteiger partial charge in [0.2, 0.25) is 0 Å². The Morgan fingerprint density at radius 1 is 1.47 bits per heavy atom. The van der Waals surface area contributed by atoms with Gasteiger partial charge in [0.05, 0.1) is 28.6 Å². The summed E-state index contributed by atoms with van der Waals surface area (Å²) in [6.45, 7) is 5.93. The van der Waals surface area contributed by atoms with Crippen molar-refractivity contribution in [2.45, 2.75) is 44.5 Å². The van der Waals surface area contributed by atoms with E-state index in [1.54, 1.807) is 4.68 Å². The van der Waals surface area contributed by atoms with Crippen molar-refractivity contribution in [3.05, 3.63) is 16.4 Å². The van der Waals surface area contributed by atoms with Crippen molar-refractivity contribution in [2.24, 2.45) is 0 Å². The monoisotopic (exact) mass is 324 g/mol. The lowest BCUT2D eigenvalue weighted by Gasteiger charge is -2.23. The topological polar surface area (TPSA) is 52.0 Å². The molecule has 19 heavy (non-hydrogen) atoms. The molecule has 1 aromatic rings. The molecule has 1 aromatic heterocycles. The fraction of sp³-hybridized carbons (Fsp3) is 0.750. The van der Waals surface area contributed by atoms with Crippen LogP contribution in [0.2, 0.25) is 5.15 Å². The average Bonchev–Trinajstić information content (AvgIpc) is 2.77. The maximum absolute atomic E-state index is 11.7. The molecule has 2 rings (SSSR count). The Kier molecular flexibility index (Phi) is 3.93. The largest absolute Gasteiger partial charge is 0.247 e. The summed E-state index contributed by atoms with van der Waals surface area (Å²) in [5, 5.41) is 5.01. The molecule has 2 heterocycles. The SMILES string of the molecule is CC(C)c1nn(C2(C)CCS(=O)(=O)C2)c(Cl)c1CCl. The van der Waals surface area contributed by atoms with E-state index in [2.05, 4.69) is 5.10 Å². The van der Waals surface area contributed by atoms with Gasteiger partial charge in [0, 0.05) is 5.56 Å². The summed E-state index contributed by atoms with van der Waals surface area (Å²) < 4.78 is 25.1. The Hall–Kier alpha value is -0.260. The zero-order valence-electron chi connectivity index (χ0n) is 11.3. The van der Waals surface area contributed by atoms with Crippen molar-refractivity contribution in [1.82, 2.24) is 9.78 Å². The van der Waals surface area contributed by atoms with Gasteiger partial charge in [-0.1, -0.05) is 25.4 Å². The predicted molar refractivity (Wildman–Crippen MR) is 77.8 cm³/mol. The van der Waals surface area contributed by atoms with Gasteiger partial charge in [-0.2, -0.15) is 5.10 Å². The van der Waals surface area contributed by atoms with Crippen molar-refractivity contribution in [3.8, 4) is 0 Å². The number of hydrogen-bond donors (Lipinski definition) is 0. The molecule has 0 amide bonds. The van der Waals surface area contributed by atoms with Crippen LogP contribution in [0.1, 0.15) is 44.4 Å². The zero-order valence-corrected chi connectivity index (χ0v) is 13.6. The number of sulfone groups is 1. The number of halogens is 2. The number of aromatic nitrogens is 2. The van der Waals surface area contributed by atoms with E-state index in [0.29, 0.717) is 11.6 Å². The van der Waals surface area contributed by atoms with E-state index < -0.39 is 15.4 Å². The smallest absolute Gasteiger partial charge is 0.152 e. The highest BCUT2D eigenvalue weighted by Crippen LogP contribution is 2.36. The Morgan fingerprint density at radius 2 is 2.11 bits per heavy atom. The van der Waals surface area contributed by atoms with Crippen molar-refractivity contribution in [3.63, 3.8) is 0 Å². The second kappa shape index (κ2) is 4.93. The predicted octanol–water partition coefficient (Wildman–Crippen LogP) is 2.93. The number of alkyl halides is 1. The van der Waals surface area contributed by atoms with Gasteiger partial charge in [-0.25, -0.2) is 13.1 Å². The van der Waals surface area contributed by atoms with Gasteiger partial charge in [0.25, 0.3) is 0 Å². The molecule has 0 saturated carbocycles. The van der Waals surface area contributed by atoms with E-state index in [9.17, 15) is 8.42 Å². The highest BCUT2D eigenvalue weighted by atomic mass is 35.5. The summed E-state index contributed by atoms with van der Waals surface area (Å²) in [4.78, 5) is 0. The molecule has 0 aliphatic carbocycles. The third-order valence-electron chi connectivity index (χ3n) is 3.63. The van der Waals surface area contributed by atoms with Gasteiger partial charge in [0.1, 0.15) is 5.15 Å². The van der Waals surface area contributed by atoms with E-state index in [-0.39, 0.29) is 23.3 Å². The maximum atomic E-state index is 11.7. The Labute approximate surface area is 124 Å². The van der Waals surface area contributed by atoms with Crippen molar-refractivity contribution < 1.29 is 8.42 Å². The van der Waals surface area contributed by atoms with E-state index in [4.69, 9.17) is 23.2 Å². The molecule has 1 aliphatic rings. The summed E-state index contributed by atoms with van der Waals surface area (Å²) in [7, 11) is -3.00. The van der Waals surface area contributed by atoms with E-state index in [1.165, 1.54) is 0 Å². The molecule has 0 bridgehead atoms. The number of rotatable bonds is 3. The van der Waals surface area contributed by atoms with Crippen LogP contribution < -0.4 is 0 Å². The van der Waals surface area contributed by atoms with Crippen LogP contribution in [-0.4, -0.2) is 29.7 Å². The molecule has 1 atom stereocenters. The summed E-state index contributed by atoms with van der Waals surface area (Å²) in [5.41, 5.74) is 1.10. The van der Waals surface area contributed by atoms with Crippen LogP contribution in [0.3, 0.4) is 0 Å². The summed E-state index contributed by atoms with van der Waals surface area (Å²) in [5.74, 6) is 0.761. The van der Waals surface area contributed by atoms with Gasteiger partial charge >= 0.3 is 0 Å². The highest BCUT2D eigenvalue weighted by molar-refractivity contribution is 7.91. The number of nitrogens with zero attached hydrogens (tertiary/aromatic N) is 2. The lowest BCUT2D eigenvalue weighted by molar-refractivity contribution is 0.326. The molecule has 0 spiro atoms. The van der Waals surface area contributed by atoms with Crippen molar-refractivity contribution in [1.29, 1.82) is 0 Å². The van der Waals surface area contributed by atoms with Crippen LogP contribution in [0.5, 0.6) is 0 Å². The highest BCUT2D eigenvalue weighted by Gasteiger charge is 2.42. The van der Waals surface area contributed by atoms with Gasteiger partial charge in [-0.3, -0.25) is 0 Å². The Morgan fingerprint density at radius 3 is 2.47 bits per heavy atom. The molecule has 1 fully saturated rings. The Bertz CT molecular complexity index is 595. The molecule has 0 N–H and O–H groups in total. The molecule has 7 heteroatoms. The standard InChI is InChI=1S/C12H18Cl2N2O2S/c1-8(2)10-9(6-13)11(14)16(15-10)12(3)4-5-19(17,18)7-12/h8H,4-7H2,1-3H3. The van der Waals surface area contributed by atoms with E-state index in [1.807, 2.05) is 20.8 Å². The van der Waals surface area contributed by atoms with Crippen LogP contribution in [0.15, 0.2) is 0 Å². The van der Waals surface area contributed by atoms with Crippen LogP contribution in [-0.2, 0) is 21.3 Å². The minimum absolute atomic E-state index is 0.0840. The van der Waals surface area contributed by atoms with Crippen LogP contribution in [0, 0.1) is 0 Å². The first-order valence-corrected chi connectivity index (χ1v) is 8.98. The van der Waals surface area contributed by atoms with Gasteiger partial charge in [0.15, 0.2) is 9.84 Å². The molecular formula is C12H18Cl2N2O2S. The fourth-order valence-electron chi connectivity index (χ4n) is 2.55. The average molecular weight is 325 g/mol. The second-order valence-electron chi connectivity index (χ2n) is 5.69. The van der Waals surface area contributed by atoms with Gasteiger partial charge in [-0.05, 0) is 19.3 Å². The molecular weight excluding hydrogens is 307 g/mol. The molecule has 1 unspecified atom stereocenters. The van der Waals surface area contributed by atoms with E-state index >= 15 is 0 Å². The first-order valence-electron chi connectivity index (χ1n) is 6.24. The lowest BCUT2D eigenvalue weighted by Crippen LogP contribution is -2.32. The Balaban J connectivity index is 2.52. The van der Waals surface area contributed by atoms with Crippen LogP contribution >= 0.6 is 23.2 Å². The maximum Gasteiger partial charge on any atom is 0.152 e. The van der Waals surface area contributed by atoms with Crippen LogP contribution in [0.4, 0.5) is 0 Å². The molecule has 1 aliphatic heterocycles. The summed E-state index contributed by atoms with van der Waals surface area (Å²) in [6.07, 6.45) is 0.538. The third-order valence-corrected chi connectivity index (χ3v) is 6.17. The fourth-order valence-corrected chi connectivity index (χ4v) is 5.40. The minimum atomic E-state index is -3.00. The normalized spacial score (nSPS) is 26.2. The molecule has 108 valence electrons. The second-order valence-corrected chi connectivity index (χ2v) is 8.50. The first kappa shape index (κ1) is 15.1. The quantitative estimate of drug-likeness (QED) is 0.803. The molecule has 4 nitrogen and oxygen atoms in total. The first-order chi connectivity index (χ1) is 8.70. The van der Waals surface area contributed by atoms with Crippen LogP contribution in [0.25, 0.3) is 0 Å². The lowest BCUT2D eigenvalue weighted by atomic mass is 10.0. The van der Waals surface area contributed by atoms with Crippen molar-refractivity contribution in [2.75, 3.05) is 11.5 Å². The summed E-state index contributed by atoms with van der Waals surface area (Å²) >= 11 is 12.3. The third kappa shape index (κ3) is 2.65. The van der Waals surface area contributed by atoms with Gasteiger partial charge in [-0.15, -0.1) is 11.6 Å². The van der Waals surface area contributed by atoms with Crippen molar-refractivity contribution >= 4 is 33.0 Å². The van der Waals surface area contributed by atoms with Gasteiger partial charge < -0.3 is 0 Å². The minimum Gasteiger partial charge on any atom is -0.247 e. The molecule has 0 radical (unpaired) electrons. The van der Waals surface area contributed by atoms with E-state index in [0.717, 1.165) is 11.3 Å². The molecule has 0 aromatic carbocycles. The molecule has 1 saturated heterocycles. The summed E-state index contributed by atoms with van der Waals surface area (Å²) in [6, 6.07) is 0. The number of hydrogen-bond acceptors (Lipinski definition) is 3.